The van der Waals surface area contributed by atoms with E-state index in [-0.39, 0.29) is 0 Å². The summed E-state index contributed by atoms with van der Waals surface area (Å²) >= 11 is 0. The van der Waals surface area contributed by atoms with Gasteiger partial charge in [0, 0.05) is 44.2 Å². The molecule has 116 valence electrons. The molecule has 2 aliphatic carbocycles. The van der Waals surface area contributed by atoms with Crippen LogP contribution in [-0.4, -0.2) is 50.3 Å². The fourth-order valence-corrected chi connectivity index (χ4v) is 3.40. The summed E-state index contributed by atoms with van der Waals surface area (Å²) in [6, 6.07) is 0.577. The Hall–Kier alpha value is -0.120. The maximum absolute atomic E-state index is 5.77. The summed E-state index contributed by atoms with van der Waals surface area (Å²) in [6.45, 7) is 11.5. The van der Waals surface area contributed by atoms with Crippen LogP contribution in [0.5, 0.6) is 0 Å². The van der Waals surface area contributed by atoms with Crippen molar-refractivity contribution in [2.24, 2.45) is 17.3 Å². The molecule has 1 unspecified atom stereocenters. The zero-order chi connectivity index (χ0) is 14.0. The van der Waals surface area contributed by atoms with Crippen molar-refractivity contribution in [2.75, 3.05) is 39.4 Å². The van der Waals surface area contributed by atoms with Crippen LogP contribution in [0.3, 0.4) is 0 Å². The first-order valence-corrected chi connectivity index (χ1v) is 8.69. The molecule has 0 amide bonds. The zero-order valence-corrected chi connectivity index (χ0v) is 13.4. The van der Waals surface area contributed by atoms with E-state index in [2.05, 4.69) is 24.1 Å². The van der Waals surface area contributed by atoms with E-state index in [9.17, 15) is 0 Å². The molecule has 20 heavy (non-hydrogen) atoms. The first kappa shape index (κ1) is 14.8. The van der Waals surface area contributed by atoms with Gasteiger partial charge in [0.05, 0.1) is 6.61 Å². The van der Waals surface area contributed by atoms with Crippen LogP contribution in [-0.2, 0) is 4.74 Å². The molecule has 0 aromatic rings. The van der Waals surface area contributed by atoms with E-state index in [0.717, 1.165) is 31.6 Å². The predicted octanol–water partition coefficient (Wildman–Crippen LogP) is 2.51. The van der Waals surface area contributed by atoms with Gasteiger partial charge in [-0.15, -0.1) is 0 Å². The molecule has 1 aliphatic heterocycles. The van der Waals surface area contributed by atoms with Crippen LogP contribution in [0, 0.1) is 17.3 Å². The molecule has 0 aromatic carbocycles. The molecule has 1 saturated heterocycles. The van der Waals surface area contributed by atoms with Gasteiger partial charge in [0.2, 0.25) is 0 Å². The Morgan fingerprint density at radius 3 is 2.25 bits per heavy atom. The molecule has 1 atom stereocenters. The van der Waals surface area contributed by atoms with E-state index in [1.165, 1.54) is 51.7 Å². The molecule has 0 aromatic heterocycles. The summed E-state index contributed by atoms with van der Waals surface area (Å²) in [7, 11) is 0. The SMILES string of the molecule is CC(C)NCC1(CN(CC2CC2)CC2CC2)CCOC1. The van der Waals surface area contributed by atoms with Crippen molar-refractivity contribution in [1.29, 1.82) is 0 Å². The van der Waals surface area contributed by atoms with Crippen molar-refractivity contribution < 1.29 is 4.74 Å². The highest BCUT2D eigenvalue weighted by atomic mass is 16.5. The van der Waals surface area contributed by atoms with E-state index in [4.69, 9.17) is 4.74 Å². The summed E-state index contributed by atoms with van der Waals surface area (Å²) in [5.41, 5.74) is 0.369. The van der Waals surface area contributed by atoms with Crippen LogP contribution in [0.25, 0.3) is 0 Å². The molecular formula is C17H32N2O. The standard InChI is InChI=1S/C17H32N2O/c1-14(2)18-11-17(7-8-20-13-17)12-19(9-15-3-4-15)10-16-5-6-16/h14-16,18H,3-13H2,1-2H3. The van der Waals surface area contributed by atoms with Gasteiger partial charge in [0.25, 0.3) is 0 Å². The van der Waals surface area contributed by atoms with E-state index < -0.39 is 0 Å². The van der Waals surface area contributed by atoms with Crippen molar-refractivity contribution in [3.05, 3.63) is 0 Å². The lowest BCUT2D eigenvalue weighted by Gasteiger charge is -2.35. The van der Waals surface area contributed by atoms with E-state index >= 15 is 0 Å². The fraction of sp³-hybridized carbons (Fsp3) is 1.00. The van der Waals surface area contributed by atoms with Gasteiger partial charge >= 0.3 is 0 Å². The maximum Gasteiger partial charge on any atom is 0.0547 e. The summed E-state index contributed by atoms with van der Waals surface area (Å²) in [4.78, 5) is 2.78. The third kappa shape index (κ3) is 4.44. The van der Waals surface area contributed by atoms with Crippen LogP contribution in [0.4, 0.5) is 0 Å². The van der Waals surface area contributed by atoms with Gasteiger partial charge in [0.15, 0.2) is 0 Å². The van der Waals surface area contributed by atoms with Crippen LogP contribution in [0.1, 0.15) is 46.0 Å². The topological polar surface area (TPSA) is 24.5 Å². The second-order valence-corrected chi connectivity index (χ2v) is 7.92. The molecule has 3 rings (SSSR count). The molecule has 3 heteroatoms. The largest absolute Gasteiger partial charge is 0.381 e. The van der Waals surface area contributed by atoms with Gasteiger partial charge in [0.1, 0.15) is 0 Å². The van der Waals surface area contributed by atoms with Crippen molar-refractivity contribution in [1.82, 2.24) is 10.2 Å². The summed E-state index contributed by atoms with van der Waals surface area (Å²) < 4.78 is 5.77. The Morgan fingerprint density at radius 2 is 1.80 bits per heavy atom. The Morgan fingerprint density at radius 1 is 1.15 bits per heavy atom. The van der Waals surface area contributed by atoms with Crippen LogP contribution >= 0.6 is 0 Å². The van der Waals surface area contributed by atoms with Crippen LogP contribution < -0.4 is 5.32 Å². The molecule has 0 bridgehead atoms. The van der Waals surface area contributed by atoms with Crippen molar-refractivity contribution in [3.63, 3.8) is 0 Å². The first-order valence-electron chi connectivity index (χ1n) is 8.69. The van der Waals surface area contributed by atoms with Crippen molar-refractivity contribution in [2.45, 2.75) is 52.0 Å². The lowest BCUT2D eigenvalue weighted by Crippen LogP contribution is -2.47. The van der Waals surface area contributed by atoms with Crippen LogP contribution in [0.15, 0.2) is 0 Å². The Balaban J connectivity index is 1.56. The van der Waals surface area contributed by atoms with E-state index in [1.54, 1.807) is 0 Å². The summed E-state index contributed by atoms with van der Waals surface area (Å²) in [6.07, 6.45) is 7.10. The number of hydrogen-bond acceptors (Lipinski definition) is 3. The van der Waals surface area contributed by atoms with Gasteiger partial charge < -0.3 is 15.0 Å². The van der Waals surface area contributed by atoms with E-state index in [1.807, 2.05) is 0 Å². The number of hydrogen-bond donors (Lipinski definition) is 1. The minimum absolute atomic E-state index is 0.369. The number of nitrogens with zero attached hydrogens (tertiary/aromatic N) is 1. The number of nitrogens with one attached hydrogen (secondary N) is 1. The summed E-state index contributed by atoms with van der Waals surface area (Å²) in [5.74, 6) is 2.01. The predicted molar refractivity (Wildman–Crippen MR) is 82.9 cm³/mol. The average Bonchev–Trinajstić information content (AvgIpc) is 3.31. The Bertz CT molecular complexity index is 290. The number of rotatable bonds is 9. The smallest absolute Gasteiger partial charge is 0.0547 e. The minimum Gasteiger partial charge on any atom is -0.381 e. The average molecular weight is 280 g/mol. The van der Waals surface area contributed by atoms with Gasteiger partial charge in [-0.25, -0.2) is 0 Å². The fourth-order valence-electron chi connectivity index (χ4n) is 3.40. The van der Waals surface area contributed by atoms with Gasteiger partial charge in [-0.05, 0) is 43.9 Å². The minimum atomic E-state index is 0.369. The monoisotopic (exact) mass is 280 g/mol. The normalized spacial score (nSPS) is 30.6. The highest BCUT2D eigenvalue weighted by Gasteiger charge is 2.39. The van der Waals surface area contributed by atoms with Gasteiger partial charge in [-0.2, -0.15) is 0 Å². The van der Waals surface area contributed by atoms with Crippen LogP contribution in [0.2, 0.25) is 0 Å². The third-order valence-electron chi connectivity index (χ3n) is 5.06. The third-order valence-corrected chi connectivity index (χ3v) is 5.06. The van der Waals surface area contributed by atoms with E-state index in [0.29, 0.717) is 11.5 Å². The molecule has 0 radical (unpaired) electrons. The number of ether oxygens (including phenoxy) is 1. The molecular weight excluding hydrogens is 248 g/mol. The van der Waals surface area contributed by atoms with Gasteiger partial charge in [-0.3, -0.25) is 0 Å². The molecule has 3 aliphatic rings. The second-order valence-electron chi connectivity index (χ2n) is 7.92. The molecule has 1 N–H and O–H groups in total. The molecule has 3 fully saturated rings. The maximum atomic E-state index is 5.77. The summed E-state index contributed by atoms with van der Waals surface area (Å²) in [5, 5.41) is 3.66. The Labute approximate surface area is 124 Å². The highest BCUT2D eigenvalue weighted by molar-refractivity contribution is 4.92. The molecule has 0 spiro atoms. The first-order chi connectivity index (χ1) is 9.65. The van der Waals surface area contributed by atoms with Crippen molar-refractivity contribution >= 4 is 0 Å². The highest BCUT2D eigenvalue weighted by Crippen LogP contribution is 2.36. The quantitative estimate of drug-likeness (QED) is 0.702. The lowest BCUT2D eigenvalue weighted by atomic mass is 9.86. The molecule has 1 heterocycles. The zero-order valence-electron chi connectivity index (χ0n) is 13.4. The van der Waals surface area contributed by atoms with Gasteiger partial charge in [-0.1, -0.05) is 13.8 Å². The lowest BCUT2D eigenvalue weighted by molar-refractivity contribution is 0.102. The van der Waals surface area contributed by atoms with Crippen molar-refractivity contribution in [3.8, 4) is 0 Å². The Kier molecular flexibility index (Phi) is 4.68. The molecule has 3 nitrogen and oxygen atoms in total. The second kappa shape index (κ2) is 6.33. The molecule has 2 saturated carbocycles.